The van der Waals surface area contributed by atoms with E-state index in [1.54, 1.807) is 36.4 Å². The molecule has 0 radical (unpaired) electrons. The highest BCUT2D eigenvalue weighted by atomic mass is 16.5. The van der Waals surface area contributed by atoms with Crippen LogP contribution >= 0.6 is 0 Å². The molecule has 0 spiro atoms. The van der Waals surface area contributed by atoms with Crippen molar-refractivity contribution in [3.63, 3.8) is 0 Å². The van der Waals surface area contributed by atoms with E-state index < -0.39 is 17.9 Å². The lowest BCUT2D eigenvalue weighted by molar-refractivity contribution is -0.127. The summed E-state index contributed by atoms with van der Waals surface area (Å²) >= 11 is 0. The molecule has 2 bridgehead atoms. The third-order valence-electron chi connectivity index (χ3n) is 9.64. The van der Waals surface area contributed by atoms with Gasteiger partial charge in [-0.2, -0.15) is 0 Å². The fourth-order valence-corrected chi connectivity index (χ4v) is 6.94. The molecule has 2 aliphatic rings. The van der Waals surface area contributed by atoms with E-state index in [-0.39, 0.29) is 41.0 Å². The molecular formula is C39H42N2O8. The van der Waals surface area contributed by atoms with Gasteiger partial charge in [-0.1, -0.05) is 24.3 Å². The summed E-state index contributed by atoms with van der Waals surface area (Å²) in [7, 11) is 2.88. The summed E-state index contributed by atoms with van der Waals surface area (Å²) in [6, 6.07) is 17.4. The van der Waals surface area contributed by atoms with Gasteiger partial charge in [0.05, 0.1) is 20.3 Å². The molecule has 0 fully saturated rings. The van der Waals surface area contributed by atoms with Crippen LogP contribution in [0.5, 0.6) is 34.5 Å². The average molecular weight is 667 g/mol. The highest BCUT2D eigenvalue weighted by Gasteiger charge is 2.31. The first kappa shape index (κ1) is 33.5. The van der Waals surface area contributed by atoms with Gasteiger partial charge in [0.25, 0.3) is 0 Å². The number of methoxy groups -OCH3 is 2. The molecule has 0 unspecified atom stereocenters. The van der Waals surface area contributed by atoms with Crippen LogP contribution in [0.4, 0.5) is 5.69 Å². The number of anilines is 1. The van der Waals surface area contributed by atoms with Crippen LogP contribution in [0.15, 0.2) is 84.2 Å². The number of aliphatic hydroxyl groups excluding tert-OH is 1. The van der Waals surface area contributed by atoms with E-state index in [4.69, 9.17) is 9.47 Å². The van der Waals surface area contributed by atoms with Gasteiger partial charge in [0.1, 0.15) is 17.4 Å². The van der Waals surface area contributed by atoms with E-state index in [1.807, 2.05) is 30.4 Å². The Labute approximate surface area is 284 Å². The van der Waals surface area contributed by atoms with Crippen molar-refractivity contribution in [1.29, 1.82) is 0 Å². The van der Waals surface area contributed by atoms with Crippen LogP contribution in [0, 0.1) is 5.92 Å². The number of ketones is 1. The highest BCUT2D eigenvalue weighted by Crippen LogP contribution is 2.42. The monoisotopic (exact) mass is 666 g/mol. The third-order valence-corrected chi connectivity index (χ3v) is 9.64. The first-order valence-corrected chi connectivity index (χ1v) is 16.5. The largest absolute Gasteiger partial charge is 0.508 e. The highest BCUT2D eigenvalue weighted by molar-refractivity contribution is 5.91. The zero-order valence-electron chi connectivity index (χ0n) is 27.6. The molecule has 0 aliphatic carbocycles. The predicted molar refractivity (Wildman–Crippen MR) is 188 cm³/mol. The second-order valence-corrected chi connectivity index (χ2v) is 12.8. The Morgan fingerprint density at radius 1 is 0.898 bits per heavy atom. The smallest absolute Gasteiger partial charge is 0.200 e. The third kappa shape index (κ3) is 7.39. The van der Waals surface area contributed by atoms with Crippen molar-refractivity contribution < 1.29 is 39.8 Å². The zero-order valence-corrected chi connectivity index (χ0v) is 27.6. The number of allylic oxidation sites excluding steroid dienone is 2. The summed E-state index contributed by atoms with van der Waals surface area (Å²) in [6.45, 7) is 0.546. The van der Waals surface area contributed by atoms with E-state index in [0.717, 1.165) is 39.0 Å². The summed E-state index contributed by atoms with van der Waals surface area (Å²) < 4.78 is 10.6. The second-order valence-electron chi connectivity index (χ2n) is 12.8. The number of phenolic OH excluding ortho intramolecular Hbond substituents is 4. The number of aliphatic hydroxyl groups is 1. The van der Waals surface area contributed by atoms with Crippen molar-refractivity contribution in [2.75, 3.05) is 26.1 Å². The van der Waals surface area contributed by atoms with Gasteiger partial charge in [-0.25, -0.2) is 0 Å². The summed E-state index contributed by atoms with van der Waals surface area (Å²) in [5.41, 5.74) is 4.30. The minimum atomic E-state index is -0.963. The molecule has 4 aromatic carbocycles. The van der Waals surface area contributed by atoms with Gasteiger partial charge in [0.15, 0.2) is 23.0 Å². The number of rotatable bonds is 7. The molecule has 3 atom stereocenters. The first-order valence-electron chi connectivity index (χ1n) is 16.5. The Bertz CT molecular complexity index is 1930. The van der Waals surface area contributed by atoms with Crippen LogP contribution in [0.3, 0.4) is 0 Å². The van der Waals surface area contributed by atoms with Gasteiger partial charge in [0, 0.05) is 24.6 Å². The van der Waals surface area contributed by atoms with Crippen LogP contribution < -0.4 is 20.1 Å². The molecule has 2 heterocycles. The normalized spacial score (nSPS) is 18.7. The van der Waals surface area contributed by atoms with Crippen LogP contribution in [-0.4, -0.2) is 58.2 Å². The number of hydrogen-bond acceptors (Lipinski definition) is 10. The predicted octanol–water partition coefficient (Wildman–Crippen LogP) is 6.15. The molecule has 2 aliphatic heterocycles. The lowest BCUT2D eigenvalue weighted by Crippen LogP contribution is -2.31. The number of phenols is 4. The molecule has 10 heteroatoms. The van der Waals surface area contributed by atoms with Crippen molar-refractivity contribution in [1.82, 2.24) is 5.32 Å². The van der Waals surface area contributed by atoms with Crippen molar-refractivity contribution >= 4 is 22.2 Å². The maximum atomic E-state index is 14.4. The first-order chi connectivity index (χ1) is 23.6. The maximum Gasteiger partial charge on any atom is 0.200 e. The molecule has 0 saturated heterocycles. The maximum absolute atomic E-state index is 14.4. The Balaban J connectivity index is 1.38. The number of fused-ring (bicyclic) bond motifs is 4. The number of Topliss-reactive ketones (excluding diaryl/α,β-unsaturated/α-hetero) is 1. The van der Waals surface area contributed by atoms with Crippen molar-refractivity contribution in [2.24, 2.45) is 5.92 Å². The summed E-state index contributed by atoms with van der Waals surface area (Å²) in [6.07, 6.45) is 5.26. The van der Waals surface area contributed by atoms with Crippen molar-refractivity contribution in [3.8, 4) is 34.5 Å². The molecular weight excluding hydrogens is 624 g/mol. The van der Waals surface area contributed by atoms with Gasteiger partial charge in [-0.05, 0) is 120 Å². The summed E-state index contributed by atoms with van der Waals surface area (Å²) in [4.78, 5) is 14.4. The molecule has 49 heavy (non-hydrogen) atoms. The fourth-order valence-electron chi connectivity index (χ4n) is 6.94. The topological polar surface area (TPSA) is 161 Å². The average Bonchev–Trinajstić information content (AvgIpc) is 3.10. The molecule has 4 aromatic rings. The zero-order chi connectivity index (χ0) is 34.7. The van der Waals surface area contributed by atoms with Gasteiger partial charge >= 0.3 is 0 Å². The Hall–Kier alpha value is -5.35. The number of aromatic hydroxyl groups is 4. The number of aryl methyl sites for hydroxylation is 2. The molecule has 256 valence electrons. The molecule has 6 rings (SSSR count). The number of carbonyl (C=O) groups excluding carboxylic acids is 1. The van der Waals surface area contributed by atoms with Crippen molar-refractivity contribution in [3.05, 3.63) is 101 Å². The molecule has 7 N–H and O–H groups in total. The lowest BCUT2D eigenvalue weighted by Gasteiger charge is -2.26. The number of dihydropyridines is 1. The van der Waals surface area contributed by atoms with Gasteiger partial charge in [-0.15, -0.1) is 0 Å². The summed E-state index contributed by atoms with van der Waals surface area (Å²) in [5.74, 6) is -0.527. The summed E-state index contributed by atoms with van der Waals surface area (Å²) in [5, 5.41) is 61.6. The quantitative estimate of drug-likeness (QED) is 0.114. The number of nitrogens with one attached hydrogen (secondary N) is 2. The van der Waals surface area contributed by atoms with E-state index in [0.29, 0.717) is 50.0 Å². The van der Waals surface area contributed by atoms with Crippen LogP contribution in [-0.2, 0) is 17.6 Å². The van der Waals surface area contributed by atoms with Crippen molar-refractivity contribution in [2.45, 2.75) is 50.5 Å². The van der Waals surface area contributed by atoms with E-state index >= 15 is 0 Å². The lowest BCUT2D eigenvalue weighted by atomic mass is 9.80. The van der Waals surface area contributed by atoms with E-state index in [2.05, 4.69) is 10.6 Å². The number of ether oxygens (including phenoxy) is 2. The molecule has 0 amide bonds. The minimum absolute atomic E-state index is 0.0301. The fraction of sp³-hybridized carbons (Fsp3) is 0.308. The van der Waals surface area contributed by atoms with Crippen LogP contribution in [0.25, 0.3) is 10.8 Å². The van der Waals surface area contributed by atoms with E-state index in [9.17, 15) is 30.3 Å². The molecule has 0 saturated carbocycles. The van der Waals surface area contributed by atoms with E-state index in [1.165, 1.54) is 20.3 Å². The van der Waals surface area contributed by atoms with Gasteiger partial charge in [-0.3, -0.25) is 4.79 Å². The van der Waals surface area contributed by atoms with Gasteiger partial charge in [0.2, 0.25) is 5.75 Å². The SMILES string of the molecule is COc1cc(CC[C@@H](O)[C@@H]2CC3=CCNC(=C3)Nc3ccc4cc(O)ccc4c3CC[C@@H](c3cc(O)c(O)c(OC)c3)CC2=O)ccc1O. The molecule has 0 aromatic heterocycles. The number of carbonyl (C=O) groups is 1. The Kier molecular flexibility index (Phi) is 9.87. The van der Waals surface area contributed by atoms with Crippen LogP contribution in [0.1, 0.15) is 48.3 Å². The Morgan fingerprint density at radius 3 is 2.51 bits per heavy atom. The van der Waals surface area contributed by atoms with Crippen LogP contribution in [0.2, 0.25) is 0 Å². The standard InChI is InChI=1S/C39H42N2O8/c1-48-36-16-22(4-12-33(36)44)3-11-32(43)30-15-23-13-14-40-38(17-23)41-31-10-6-25-18-27(42)7-9-28(25)29(31)8-5-24(19-34(30)45)26-20-35(46)39(47)37(21-26)49-2/h4,6-7,9-10,12-13,16-18,20-21,24,30,32,40-44,46-47H,3,5,8,11,14-15,19H2,1-2H3/t24-,30+,32-/m1/s1. The molecule has 10 nitrogen and oxygen atoms in total. The van der Waals surface area contributed by atoms with Gasteiger partial charge < -0.3 is 45.6 Å². The second kappa shape index (κ2) is 14.4. The number of hydrogen-bond donors (Lipinski definition) is 7. The Morgan fingerprint density at radius 2 is 1.71 bits per heavy atom. The number of benzene rings is 4. The minimum Gasteiger partial charge on any atom is -0.508 e.